The number of alkyl halides is 2. The Morgan fingerprint density at radius 2 is 2.00 bits per heavy atom. The number of rotatable bonds is 9. The first-order valence-electron chi connectivity index (χ1n) is 9.64. The molecule has 2 heterocycles. The molecule has 0 spiro atoms. The Labute approximate surface area is 177 Å². The van der Waals surface area contributed by atoms with Crippen molar-refractivity contribution in [2.45, 2.75) is 20.1 Å². The monoisotopic (exact) mass is 435 g/mol. The zero-order chi connectivity index (χ0) is 22.1. The zero-order valence-electron chi connectivity index (χ0n) is 16.9. The highest BCUT2D eigenvalue weighted by Crippen LogP contribution is 2.39. The number of carbonyl (C=O) groups is 1. The molecule has 0 saturated heterocycles. The summed E-state index contributed by atoms with van der Waals surface area (Å²) < 4.78 is 40.7. The van der Waals surface area contributed by atoms with Crippen molar-refractivity contribution in [1.29, 1.82) is 0 Å². The van der Waals surface area contributed by atoms with E-state index in [9.17, 15) is 13.6 Å². The van der Waals surface area contributed by atoms with Crippen LogP contribution in [0.25, 0.3) is 0 Å². The molecule has 0 saturated carbocycles. The van der Waals surface area contributed by atoms with Crippen LogP contribution in [0.15, 0.2) is 41.7 Å². The quantitative estimate of drug-likeness (QED) is 0.314. The van der Waals surface area contributed by atoms with Crippen molar-refractivity contribution in [3.05, 3.63) is 47.8 Å². The highest BCUT2D eigenvalue weighted by molar-refractivity contribution is 5.93. The standard InChI is InChI=1S/C20H23F2N5O4/c1-2-24-20(26-7-6-25-18(28)13-4-3-5-23-10-13)27-11-14-8-16-17(30-12-29-16)9-15(14)31-19(21)22/h3-5,8-10,19H,2,6-7,11-12H2,1H3,(H,25,28)(H2,24,26,27). The summed E-state index contributed by atoms with van der Waals surface area (Å²) in [5.41, 5.74) is 0.893. The van der Waals surface area contributed by atoms with Crippen LogP contribution in [-0.2, 0) is 6.54 Å². The van der Waals surface area contributed by atoms with E-state index in [2.05, 4.69) is 30.7 Å². The summed E-state index contributed by atoms with van der Waals surface area (Å²) in [5, 5.41) is 8.90. The lowest BCUT2D eigenvalue weighted by molar-refractivity contribution is -0.0505. The minimum atomic E-state index is -2.97. The van der Waals surface area contributed by atoms with E-state index in [1.165, 1.54) is 12.3 Å². The molecule has 0 aliphatic carbocycles. The van der Waals surface area contributed by atoms with E-state index in [0.717, 1.165) is 0 Å². The Morgan fingerprint density at radius 1 is 1.23 bits per heavy atom. The van der Waals surface area contributed by atoms with Crippen LogP contribution >= 0.6 is 0 Å². The molecule has 1 aromatic carbocycles. The van der Waals surface area contributed by atoms with Gasteiger partial charge in [-0.2, -0.15) is 8.78 Å². The summed E-state index contributed by atoms with van der Waals surface area (Å²) in [6.07, 6.45) is 3.08. The fourth-order valence-corrected chi connectivity index (χ4v) is 2.76. The number of halogens is 2. The average molecular weight is 435 g/mol. The maximum absolute atomic E-state index is 12.8. The van der Waals surface area contributed by atoms with Gasteiger partial charge >= 0.3 is 6.61 Å². The first-order chi connectivity index (χ1) is 15.1. The van der Waals surface area contributed by atoms with Crippen molar-refractivity contribution in [3.63, 3.8) is 0 Å². The van der Waals surface area contributed by atoms with Crippen molar-refractivity contribution >= 4 is 11.9 Å². The van der Waals surface area contributed by atoms with Gasteiger partial charge in [-0.25, -0.2) is 4.99 Å². The minimum absolute atomic E-state index is 0.0190. The molecule has 0 bridgehead atoms. The third kappa shape index (κ3) is 6.43. The third-order valence-corrected chi connectivity index (χ3v) is 4.15. The summed E-state index contributed by atoms with van der Waals surface area (Å²) in [6, 6.07) is 6.30. The van der Waals surface area contributed by atoms with Crippen LogP contribution in [0.2, 0.25) is 0 Å². The Bertz CT molecular complexity index is 912. The Kier molecular flexibility index (Phi) is 7.79. The molecule has 1 amide bonds. The van der Waals surface area contributed by atoms with E-state index in [0.29, 0.717) is 48.2 Å². The van der Waals surface area contributed by atoms with Crippen LogP contribution in [0.4, 0.5) is 8.78 Å². The van der Waals surface area contributed by atoms with Crippen LogP contribution in [0.1, 0.15) is 22.8 Å². The molecule has 166 valence electrons. The number of guanidine groups is 1. The van der Waals surface area contributed by atoms with Crippen molar-refractivity contribution < 1.29 is 27.8 Å². The maximum Gasteiger partial charge on any atom is 0.387 e. The zero-order valence-corrected chi connectivity index (χ0v) is 16.9. The van der Waals surface area contributed by atoms with Crippen LogP contribution in [0.5, 0.6) is 17.2 Å². The number of aliphatic imine (C=N–C) groups is 1. The van der Waals surface area contributed by atoms with Crippen LogP contribution < -0.4 is 30.2 Å². The van der Waals surface area contributed by atoms with Gasteiger partial charge < -0.3 is 30.2 Å². The van der Waals surface area contributed by atoms with Crippen LogP contribution in [0, 0.1) is 0 Å². The summed E-state index contributed by atoms with van der Waals surface area (Å²) >= 11 is 0. The summed E-state index contributed by atoms with van der Waals surface area (Å²) in [5.74, 6) is 0.994. The van der Waals surface area contributed by atoms with E-state index in [-0.39, 0.29) is 25.0 Å². The SMILES string of the molecule is CCNC(=NCc1cc2c(cc1OC(F)F)OCO2)NCCNC(=O)c1cccnc1. The van der Waals surface area contributed by atoms with Gasteiger partial charge in [-0.05, 0) is 25.1 Å². The number of nitrogens with one attached hydrogen (secondary N) is 3. The van der Waals surface area contributed by atoms with Gasteiger partial charge in [0.15, 0.2) is 17.5 Å². The molecule has 3 N–H and O–H groups in total. The number of nitrogens with zero attached hydrogens (tertiary/aromatic N) is 2. The fourth-order valence-electron chi connectivity index (χ4n) is 2.76. The van der Waals surface area contributed by atoms with Gasteiger partial charge in [0, 0.05) is 43.7 Å². The number of hydrogen-bond acceptors (Lipinski definition) is 6. The van der Waals surface area contributed by atoms with Crippen LogP contribution in [0.3, 0.4) is 0 Å². The first kappa shape index (κ1) is 22.1. The van der Waals surface area contributed by atoms with Gasteiger partial charge in [-0.3, -0.25) is 9.78 Å². The molecule has 0 atom stereocenters. The molecule has 1 aromatic heterocycles. The average Bonchev–Trinajstić information content (AvgIpc) is 3.22. The molecule has 3 rings (SSSR count). The molecule has 1 aliphatic heterocycles. The lowest BCUT2D eigenvalue weighted by Crippen LogP contribution is -2.41. The fraction of sp³-hybridized carbons (Fsp3) is 0.350. The smallest absolute Gasteiger partial charge is 0.387 e. The molecule has 2 aromatic rings. The number of fused-ring (bicyclic) bond motifs is 1. The second-order valence-electron chi connectivity index (χ2n) is 6.31. The number of aromatic nitrogens is 1. The number of carbonyl (C=O) groups excluding carboxylic acids is 1. The molecule has 9 nitrogen and oxygen atoms in total. The highest BCUT2D eigenvalue weighted by atomic mass is 19.3. The molecule has 1 aliphatic rings. The van der Waals surface area contributed by atoms with Crippen molar-refractivity contribution in [3.8, 4) is 17.2 Å². The lowest BCUT2D eigenvalue weighted by Gasteiger charge is -2.13. The second-order valence-corrected chi connectivity index (χ2v) is 6.31. The Morgan fingerprint density at radius 3 is 2.71 bits per heavy atom. The lowest BCUT2D eigenvalue weighted by atomic mass is 10.1. The Hall–Kier alpha value is -3.63. The highest BCUT2D eigenvalue weighted by Gasteiger charge is 2.20. The van der Waals surface area contributed by atoms with Gasteiger partial charge in [-0.1, -0.05) is 0 Å². The van der Waals surface area contributed by atoms with E-state index in [1.54, 1.807) is 24.4 Å². The second kappa shape index (κ2) is 11.0. The van der Waals surface area contributed by atoms with Crippen LogP contribution in [-0.4, -0.2) is 49.9 Å². The number of hydrogen-bond donors (Lipinski definition) is 3. The molecular formula is C20H23F2N5O4. The Balaban J connectivity index is 1.58. The van der Waals surface area contributed by atoms with Gasteiger partial charge in [0.25, 0.3) is 5.91 Å². The van der Waals surface area contributed by atoms with Gasteiger partial charge in [0.1, 0.15) is 5.75 Å². The summed E-state index contributed by atoms with van der Waals surface area (Å²) in [6.45, 7) is 0.350. The predicted octanol–water partition coefficient (Wildman–Crippen LogP) is 1.90. The molecule has 0 fully saturated rings. The largest absolute Gasteiger partial charge is 0.454 e. The number of amides is 1. The third-order valence-electron chi connectivity index (χ3n) is 4.15. The summed E-state index contributed by atoms with van der Waals surface area (Å²) in [7, 11) is 0. The van der Waals surface area contributed by atoms with Crippen molar-refractivity contribution in [2.75, 3.05) is 26.4 Å². The molecule has 0 radical (unpaired) electrons. The van der Waals surface area contributed by atoms with E-state index < -0.39 is 6.61 Å². The minimum Gasteiger partial charge on any atom is -0.454 e. The maximum atomic E-state index is 12.8. The number of ether oxygens (including phenoxy) is 3. The van der Waals surface area contributed by atoms with E-state index in [4.69, 9.17) is 9.47 Å². The van der Waals surface area contributed by atoms with E-state index >= 15 is 0 Å². The first-order valence-corrected chi connectivity index (χ1v) is 9.64. The molecular weight excluding hydrogens is 412 g/mol. The normalized spacial score (nSPS) is 12.6. The number of benzene rings is 1. The summed E-state index contributed by atoms with van der Waals surface area (Å²) in [4.78, 5) is 20.3. The van der Waals surface area contributed by atoms with Gasteiger partial charge in [0.05, 0.1) is 12.1 Å². The molecule has 31 heavy (non-hydrogen) atoms. The number of pyridine rings is 1. The molecule has 0 unspecified atom stereocenters. The molecule has 11 heteroatoms. The van der Waals surface area contributed by atoms with Crippen molar-refractivity contribution in [1.82, 2.24) is 20.9 Å². The van der Waals surface area contributed by atoms with E-state index in [1.807, 2.05) is 6.92 Å². The van der Waals surface area contributed by atoms with Gasteiger partial charge in [-0.15, -0.1) is 0 Å². The van der Waals surface area contributed by atoms with Gasteiger partial charge in [0.2, 0.25) is 6.79 Å². The predicted molar refractivity (Wildman–Crippen MR) is 109 cm³/mol. The van der Waals surface area contributed by atoms with Crippen molar-refractivity contribution in [2.24, 2.45) is 4.99 Å². The topological polar surface area (TPSA) is 106 Å².